The molecule has 0 unspecified atom stereocenters. The Kier molecular flexibility index (Phi) is 4.72. The van der Waals surface area contributed by atoms with Gasteiger partial charge in [0.1, 0.15) is 0 Å². The largest absolute Gasteiger partial charge is 0.392 e. The highest BCUT2D eigenvalue weighted by Crippen LogP contribution is 2.29. The van der Waals surface area contributed by atoms with Crippen LogP contribution in [0.5, 0.6) is 0 Å². The SMILES string of the molecule is C1=CCC2=c3ccccc3=[O+]C2=C1.N#[N+]c1ccccc1-c1ccccc1. The number of allylic oxidation sites excluding steroid dienone is 4. The first-order valence-corrected chi connectivity index (χ1v) is 8.86. The number of hydrogen-bond donors (Lipinski definition) is 0. The number of benzene rings is 3. The van der Waals surface area contributed by atoms with Crippen molar-refractivity contribution in [1.29, 1.82) is 5.39 Å². The highest BCUT2D eigenvalue weighted by molar-refractivity contribution is 5.78. The molecule has 0 fully saturated rings. The van der Waals surface area contributed by atoms with Gasteiger partial charge in [-0.1, -0.05) is 66.7 Å². The maximum atomic E-state index is 8.80. The summed E-state index contributed by atoms with van der Waals surface area (Å²) in [4.78, 5) is 3.25. The lowest BCUT2D eigenvalue weighted by Crippen LogP contribution is -2.21. The van der Waals surface area contributed by atoms with Gasteiger partial charge in [0.15, 0.2) is 4.98 Å². The van der Waals surface area contributed by atoms with E-state index in [4.69, 9.17) is 9.82 Å². The molecule has 0 atom stereocenters. The van der Waals surface area contributed by atoms with Crippen molar-refractivity contribution in [3.63, 3.8) is 0 Å². The van der Waals surface area contributed by atoms with Gasteiger partial charge in [0.25, 0.3) is 0 Å². The monoisotopic (exact) mass is 350 g/mol. The molecule has 5 rings (SSSR count). The number of hydrogen-bond acceptors (Lipinski definition) is 1. The zero-order chi connectivity index (χ0) is 18.5. The smallest absolute Gasteiger partial charge is 0.207 e. The number of fused-ring (bicyclic) bond motifs is 2. The number of para-hydroxylation sites is 1. The van der Waals surface area contributed by atoms with Gasteiger partial charge in [-0.25, -0.2) is 4.42 Å². The minimum Gasteiger partial charge on any atom is -0.207 e. The van der Waals surface area contributed by atoms with Crippen LogP contribution in [0.25, 0.3) is 21.7 Å². The summed E-state index contributed by atoms with van der Waals surface area (Å²) >= 11 is 0. The van der Waals surface area contributed by atoms with Crippen molar-refractivity contribution in [3.8, 4) is 11.1 Å². The van der Waals surface area contributed by atoms with Gasteiger partial charge in [0.2, 0.25) is 5.39 Å². The number of nitrogens with zero attached hydrogens (tertiary/aromatic N) is 2. The Labute approximate surface area is 157 Å². The van der Waals surface area contributed by atoms with Crippen molar-refractivity contribution in [2.45, 2.75) is 6.42 Å². The summed E-state index contributed by atoms with van der Waals surface area (Å²) in [6, 6.07) is 25.5. The van der Waals surface area contributed by atoms with Crippen molar-refractivity contribution in [3.05, 3.63) is 123 Å². The Hall–Kier alpha value is -3.77. The average Bonchev–Trinajstić information content (AvgIpc) is 3.13. The van der Waals surface area contributed by atoms with E-state index in [0.717, 1.165) is 28.7 Å². The maximum Gasteiger partial charge on any atom is 0.392 e. The van der Waals surface area contributed by atoms with Gasteiger partial charge in [-0.15, -0.1) is 0 Å². The Morgan fingerprint density at radius 2 is 1.56 bits per heavy atom. The first-order chi connectivity index (χ1) is 13.4. The average molecular weight is 350 g/mol. The highest BCUT2D eigenvalue weighted by atomic mass is 16.4. The molecule has 3 heteroatoms. The molecule has 1 aliphatic carbocycles. The van der Waals surface area contributed by atoms with Gasteiger partial charge in [-0.05, 0) is 17.7 Å². The normalized spacial score (nSPS) is 13.3. The van der Waals surface area contributed by atoms with Crippen LogP contribution in [0.3, 0.4) is 0 Å². The topological polar surface area (TPSA) is 39.5 Å². The molecule has 3 aromatic carbocycles. The fourth-order valence-electron chi connectivity index (χ4n) is 3.23. The molecule has 1 heterocycles. The minimum absolute atomic E-state index is 0.596. The van der Waals surface area contributed by atoms with Crippen molar-refractivity contribution in [2.24, 2.45) is 0 Å². The van der Waals surface area contributed by atoms with E-state index in [2.05, 4.69) is 23.2 Å². The molecule has 1 aliphatic heterocycles. The van der Waals surface area contributed by atoms with Gasteiger partial charge < -0.3 is 0 Å². The van der Waals surface area contributed by atoms with Crippen LogP contribution in [0, 0.1) is 5.39 Å². The predicted octanol–water partition coefficient (Wildman–Crippen LogP) is 5.15. The second-order valence-electron chi connectivity index (χ2n) is 6.22. The van der Waals surface area contributed by atoms with Crippen molar-refractivity contribution < 1.29 is 0 Å². The van der Waals surface area contributed by atoms with E-state index in [1.807, 2.05) is 72.8 Å². The van der Waals surface area contributed by atoms with Gasteiger partial charge in [-0.2, -0.15) is 0 Å². The van der Waals surface area contributed by atoms with Crippen LogP contribution in [0.2, 0.25) is 0 Å². The van der Waals surface area contributed by atoms with E-state index < -0.39 is 0 Å². The lowest BCUT2D eigenvalue weighted by Gasteiger charge is -1.96. The van der Waals surface area contributed by atoms with Crippen LogP contribution in [0.1, 0.15) is 6.42 Å². The lowest BCUT2D eigenvalue weighted by atomic mass is 10.0. The lowest BCUT2D eigenvalue weighted by molar-refractivity contribution is 1.35. The molecule has 3 aromatic rings. The molecule has 3 nitrogen and oxygen atoms in total. The first kappa shape index (κ1) is 16.7. The third-order valence-electron chi connectivity index (χ3n) is 4.53. The van der Waals surface area contributed by atoms with E-state index in [1.165, 1.54) is 10.8 Å². The molecular formula is C24H18N2O+2. The Balaban J connectivity index is 0.000000134. The van der Waals surface area contributed by atoms with Crippen LogP contribution in [-0.2, 0) is 0 Å². The van der Waals surface area contributed by atoms with E-state index in [0.29, 0.717) is 5.69 Å². The van der Waals surface area contributed by atoms with E-state index in [-0.39, 0.29) is 0 Å². The zero-order valence-corrected chi connectivity index (χ0v) is 14.7. The van der Waals surface area contributed by atoms with Crippen molar-refractivity contribution in [2.75, 3.05) is 0 Å². The first-order valence-electron chi connectivity index (χ1n) is 8.86. The second kappa shape index (κ2) is 7.63. The molecule has 0 amide bonds. The summed E-state index contributed by atoms with van der Waals surface area (Å²) in [5.41, 5.74) is 4.90. The summed E-state index contributed by atoms with van der Waals surface area (Å²) in [6.45, 7) is 0. The van der Waals surface area contributed by atoms with Gasteiger partial charge in [0.05, 0.1) is 16.4 Å². The van der Waals surface area contributed by atoms with E-state index in [1.54, 1.807) is 6.07 Å². The minimum atomic E-state index is 0.596. The van der Waals surface area contributed by atoms with Crippen LogP contribution < -0.4 is 10.6 Å². The summed E-state index contributed by atoms with van der Waals surface area (Å²) < 4.78 is 5.68. The fourth-order valence-corrected chi connectivity index (χ4v) is 3.23. The second-order valence-corrected chi connectivity index (χ2v) is 6.22. The molecule has 0 radical (unpaired) electrons. The molecule has 0 N–H and O–H groups in total. The molecule has 0 saturated carbocycles. The van der Waals surface area contributed by atoms with Crippen LogP contribution in [0.4, 0.5) is 5.69 Å². The van der Waals surface area contributed by atoms with Gasteiger partial charge in [0, 0.05) is 24.6 Å². The molecule has 0 bridgehead atoms. The predicted molar refractivity (Wildman–Crippen MR) is 110 cm³/mol. The molecule has 27 heavy (non-hydrogen) atoms. The van der Waals surface area contributed by atoms with E-state index >= 15 is 0 Å². The van der Waals surface area contributed by atoms with Gasteiger partial charge >= 0.3 is 16.9 Å². The fraction of sp³-hybridized carbons (Fsp3) is 0.0417. The molecule has 0 spiro atoms. The summed E-state index contributed by atoms with van der Waals surface area (Å²) in [5.74, 6) is 1.02. The molecule has 128 valence electrons. The molecule has 2 aliphatic rings. The van der Waals surface area contributed by atoms with Crippen LogP contribution >= 0.6 is 0 Å². The summed E-state index contributed by atoms with van der Waals surface area (Å²) in [7, 11) is 0. The highest BCUT2D eigenvalue weighted by Gasteiger charge is 2.24. The quantitative estimate of drug-likeness (QED) is 0.442. The van der Waals surface area contributed by atoms with Gasteiger partial charge in [-0.3, -0.25) is 0 Å². The third kappa shape index (κ3) is 3.47. The van der Waals surface area contributed by atoms with Crippen molar-refractivity contribution in [1.82, 2.24) is 0 Å². The standard InChI is InChI=1S/C12H9N2.C12H9O/c13-14-12-9-5-4-8-11(12)10-6-2-1-3-7-10;1-3-7-11-9(5-1)10-6-2-4-8-12(10)13-11/h1-9H;1-5,7-8H,6H2/q2*+1. The summed E-state index contributed by atoms with van der Waals surface area (Å²) in [5, 5.41) is 10.1. The molecule has 0 saturated heterocycles. The zero-order valence-electron chi connectivity index (χ0n) is 14.7. The van der Waals surface area contributed by atoms with Crippen molar-refractivity contribution >= 4 is 11.3 Å². The Morgan fingerprint density at radius 1 is 0.815 bits per heavy atom. The Bertz CT molecular complexity index is 1200. The van der Waals surface area contributed by atoms with Crippen LogP contribution in [0.15, 0.2) is 107 Å². The van der Waals surface area contributed by atoms with Crippen LogP contribution in [-0.4, -0.2) is 0 Å². The number of rotatable bonds is 1. The third-order valence-corrected chi connectivity index (χ3v) is 4.53. The Morgan fingerprint density at radius 3 is 2.41 bits per heavy atom. The molecular weight excluding hydrogens is 332 g/mol. The number of diazo groups is 1. The van der Waals surface area contributed by atoms with E-state index in [9.17, 15) is 0 Å². The maximum absolute atomic E-state index is 8.80. The molecule has 0 aromatic heterocycles. The summed E-state index contributed by atoms with van der Waals surface area (Å²) in [6.07, 6.45) is 7.22.